The summed E-state index contributed by atoms with van der Waals surface area (Å²) < 4.78 is 10.3. The third-order valence-corrected chi connectivity index (χ3v) is 3.31. The molecule has 1 aromatic rings. The van der Waals surface area contributed by atoms with Gasteiger partial charge in [0.05, 0.1) is 19.3 Å². The summed E-state index contributed by atoms with van der Waals surface area (Å²) in [4.78, 5) is 24.1. The monoisotopic (exact) mass is 336 g/mol. The molecule has 1 rings (SSSR count). The molecule has 6 heteroatoms. The number of carbonyl (C=O) groups is 2. The average Bonchev–Trinajstić information content (AvgIpc) is 2.50. The fraction of sp³-hybridized carbons (Fsp3) is 0.556. The molecule has 0 fully saturated rings. The molecule has 0 spiro atoms. The van der Waals surface area contributed by atoms with Gasteiger partial charge in [-0.2, -0.15) is 0 Å². The van der Waals surface area contributed by atoms with Crippen LogP contribution in [-0.4, -0.2) is 37.4 Å². The number of nitrogens with one attached hydrogen (secondary N) is 2. The Hall–Kier alpha value is -2.08. The van der Waals surface area contributed by atoms with Gasteiger partial charge in [-0.05, 0) is 38.3 Å². The maximum Gasteiger partial charge on any atom is 0.330 e. The van der Waals surface area contributed by atoms with Crippen LogP contribution in [0, 0.1) is 0 Å². The molecule has 0 heterocycles. The smallest absolute Gasteiger partial charge is 0.330 e. The second kappa shape index (κ2) is 8.68. The Bertz CT molecular complexity index is 564. The zero-order chi connectivity index (χ0) is 18.3. The summed E-state index contributed by atoms with van der Waals surface area (Å²) in [5.74, 6) is -0.284. The lowest BCUT2D eigenvalue weighted by Crippen LogP contribution is -2.47. The zero-order valence-corrected chi connectivity index (χ0v) is 15.3. The van der Waals surface area contributed by atoms with Crippen LogP contribution in [0.4, 0.5) is 10.5 Å². The number of ether oxygens (including phenoxy) is 2. The molecule has 24 heavy (non-hydrogen) atoms. The number of benzene rings is 1. The maximum absolute atomic E-state index is 12.3. The average molecular weight is 336 g/mol. The van der Waals surface area contributed by atoms with Crippen molar-refractivity contribution in [3.05, 3.63) is 29.8 Å². The van der Waals surface area contributed by atoms with Gasteiger partial charge in [-0.25, -0.2) is 9.59 Å². The number of para-hydroxylation sites is 1. The molecular weight excluding hydrogens is 308 g/mol. The normalized spacial score (nSPS) is 12.6. The van der Waals surface area contributed by atoms with Gasteiger partial charge in [0.2, 0.25) is 0 Å². The first kappa shape index (κ1) is 20.0. The molecule has 134 valence electrons. The third kappa shape index (κ3) is 6.58. The molecule has 1 atom stereocenters. The molecule has 2 N–H and O–H groups in total. The van der Waals surface area contributed by atoms with E-state index in [9.17, 15) is 9.59 Å². The van der Waals surface area contributed by atoms with Gasteiger partial charge in [0.1, 0.15) is 0 Å². The highest BCUT2D eigenvalue weighted by Gasteiger charge is 2.24. The predicted octanol–water partition coefficient (Wildman–Crippen LogP) is 3.29. The number of hydrogen-bond acceptors (Lipinski definition) is 4. The predicted molar refractivity (Wildman–Crippen MR) is 94.2 cm³/mol. The number of esters is 1. The third-order valence-electron chi connectivity index (χ3n) is 3.31. The number of carbonyl (C=O) groups excluding carboxylic acids is 2. The van der Waals surface area contributed by atoms with Gasteiger partial charge in [0.25, 0.3) is 0 Å². The van der Waals surface area contributed by atoms with Crippen LogP contribution in [0.3, 0.4) is 0 Å². The molecule has 0 radical (unpaired) electrons. The van der Waals surface area contributed by atoms with Crippen LogP contribution in [0.25, 0.3) is 0 Å². The van der Waals surface area contributed by atoms with Crippen molar-refractivity contribution in [1.29, 1.82) is 0 Å². The largest absolute Gasteiger partial charge is 0.467 e. The summed E-state index contributed by atoms with van der Waals surface area (Å²) in [5.41, 5.74) is 1.31. The first-order valence-electron chi connectivity index (χ1n) is 8.02. The summed E-state index contributed by atoms with van der Waals surface area (Å²) in [5, 5.41) is 5.39. The molecule has 6 nitrogen and oxygen atoms in total. The number of urea groups is 1. The summed E-state index contributed by atoms with van der Waals surface area (Å²) in [6.07, 6.45) is 0. The Balaban J connectivity index is 2.76. The molecule has 1 unspecified atom stereocenters. The highest BCUT2D eigenvalue weighted by Crippen LogP contribution is 2.23. The number of hydrogen-bond donors (Lipinski definition) is 2. The van der Waals surface area contributed by atoms with E-state index >= 15 is 0 Å². The fourth-order valence-corrected chi connectivity index (χ4v) is 2.08. The zero-order valence-electron chi connectivity index (χ0n) is 15.3. The van der Waals surface area contributed by atoms with Crippen molar-refractivity contribution in [3.8, 4) is 0 Å². The van der Waals surface area contributed by atoms with Gasteiger partial charge in [-0.1, -0.05) is 32.0 Å². The molecule has 0 aromatic heterocycles. The summed E-state index contributed by atoms with van der Waals surface area (Å²) >= 11 is 0. The van der Waals surface area contributed by atoms with E-state index in [1.165, 1.54) is 7.11 Å². The van der Waals surface area contributed by atoms with Crippen LogP contribution in [0.15, 0.2) is 24.3 Å². The van der Waals surface area contributed by atoms with E-state index < -0.39 is 23.6 Å². The van der Waals surface area contributed by atoms with Crippen molar-refractivity contribution in [1.82, 2.24) is 5.32 Å². The van der Waals surface area contributed by atoms with Crippen LogP contribution < -0.4 is 10.6 Å². The van der Waals surface area contributed by atoms with Crippen LogP contribution >= 0.6 is 0 Å². The summed E-state index contributed by atoms with van der Waals surface area (Å²) in [7, 11) is 1.28. The van der Waals surface area contributed by atoms with Gasteiger partial charge in [0.15, 0.2) is 6.04 Å². The highest BCUT2D eigenvalue weighted by molar-refractivity contribution is 5.93. The highest BCUT2D eigenvalue weighted by atomic mass is 16.5. The Morgan fingerprint density at radius 1 is 1.17 bits per heavy atom. The topological polar surface area (TPSA) is 76.7 Å². The van der Waals surface area contributed by atoms with Crippen molar-refractivity contribution in [2.75, 3.05) is 19.0 Å². The fourth-order valence-electron chi connectivity index (χ4n) is 2.08. The quantitative estimate of drug-likeness (QED) is 0.782. The first-order chi connectivity index (χ1) is 11.1. The summed E-state index contributed by atoms with van der Waals surface area (Å²) in [6.45, 7) is 9.76. The number of amides is 2. The molecule has 0 saturated heterocycles. The van der Waals surface area contributed by atoms with Crippen LogP contribution in [-0.2, 0) is 14.3 Å². The van der Waals surface area contributed by atoms with E-state index in [1.807, 2.05) is 58.9 Å². The Kier molecular flexibility index (Phi) is 7.22. The van der Waals surface area contributed by atoms with Crippen LogP contribution in [0.1, 0.15) is 46.1 Å². The second-order valence-corrected chi connectivity index (χ2v) is 6.84. The minimum atomic E-state index is -0.875. The van der Waals surface area contributed by atoms with Crippen molar-refractivity contribution >= 4 is 17.7 Å². The number of rotatable bonds is 6. The standard InChI is InChI=1S/C18H28N2O4/c1-12(2)13-9-7-8-10-14(13)19-17(22)20-15(16(21)23-6)11-24-18(3,4)5/h7-10,12,15H,11H2,1-6H3,(H2,19,20,22). The maximum atomic E-state index is 12.3. The second-order valence-electron chi connectivity index (χ2n) is 6.84. The number of methoxy groups -OCH3 is 1. The molecule has 0 aliphatic carbocycles. The molecule has 0 aliphatic rings. The molecule has 0 bridgehead atoms. The lowest BCUT2D eigenvalue weighted by atomic mass is 10.0. The molecule has 1 aromatic carbocycles. The van der Waals surface area contributed by atoms with Gasteiger partial charge < -0.3 is 20.1 Å². The van der Waals surface area contributed by atoms with Gasteiger partial charge in [-0.15, -0.1) is 0 Å². The lowest BCUT2D eigenvalue weighted by Gasteiger charge is -2.24. The van der Waals surface area contributed by atoms with Gasteiger partial charge in [0, 0.05) is 5.69 Å². The Morgan fingerprint density at radius 3 is 2.33 bits per heavy atom. The van der Waals surface area contributed by atoms with E-state index in [1.54, 1.807) is 0 Å². The molecule has 0 aliphatic heterocycles. The van der Waals surface area contributed by atoms with E-state index in [2.05, 4.69) is 10.6 Å². The minimum absolute atomic E-state index is 0.0371. The van der Waals surface area contributed by atoms with E-state index in [-0.39, 0.29) is 12.5 Å². The Labute approximate surface area is 143 Å². The van der Waals surface area contributed by atoms with Crippen LogP contribution in [0.2, 0.25) is 0 Å². The molecule has 0 saturated carbocycles. The SMILES string of the molecule is COC(=O)C(COC(C)(C)C)NC(=O)Nc1ccccc1C(C)C. The summed E-state index contributed by atoms with van der Waals surface area (Å²) in [6, 6.07) is 6.21. The van der Waals surface area contributed by atoms with Crippen molar-refractivity contribution < 1.29 is 19.1 Å². The van der Waals surface area contributed by atoms with E-state index in [4.69, 9.17) is 9.47 Å². The van der Waals surface area contributed by atoms with Crippen LogP contribution in [0.5, 0.6) is 0 Å². The van der Waals surface area contributed by atoms with Gasteiger partial charge in [-0.3, -0.25) is 0 Å². The number of anilines is 1. The van der Waals surface area contributed by atoms with Crippen molar-refractivity contribution in [3.63, 3.8) is 0 Å². The van der Waals surface area contributed by atoms with Gasteiger partial charge >= 0.3 is 12.0 Å². The molecule has 2 amide bonds. The Morgan fingerprint density at radius 2 is 1.79 bits per heavy atom. The minimum Gasteiger partial charge on any atom is -0.467 e. The van der Waals surface area contributed by atoms with Crippen molar-refractivity contribution in [2.45, 2.75) is 52.2 Å². The van der Waals surface area contributed by atoms with E-state index in [0.29, 0.717) is 5.69 Å². The first-order valence-corrected chi connectivity index (χ1v) is 8.02. The van der Waals surface area contributed by atoms with Crippen molar-refractivity contribution in [2.24, 2.45) is 0 Å². The van der Waals surface area contributed by atoms with E-state index in [0.717, 1.165) is 5.56 Å². The lowest BCUT2D eigenvalue weighted by molar-refractivity contribution is -0.145. The molecular formula is C18H28N2O4.